The quantitative estimate of drug-likeness (QED) is 0.556. The van der Waals surface area contributed by atoms with Crippen molar-refractivity contribution in [3.63, 3.8) is 0 Å². The summed E-state index contributed by atoms with van der Waals surface area (Å²) in [6.07, 6.45) is 1.53. The molecule has 1 aliphatic rings. The molecule has 3 aromatic rings. The molecule has 0 saturated carbocycles. The summed E-state index contributed by atoms with van der Waals surface area (Å²) in [5.74, 6) is 0.886. The van der Waals surface area contributed by atoms with Gasteiger partial charge in [-0.2, -0.15) is 4.98 Å². The minimum Gasteiger partial charge on any atom is -0.491 e. The summed E-state index contributed by atoms with van der Waals surface area (Å²) >= 11 is 0. The van der Waals surface area contributed by atoms with E-state index >= 15 is 0 Å². The molecule has 0 spiro atoms. The highest BCUT2D eigenvalue weighted by molar-refractivity contribution is 5.79. The van der Waals surface area contributed by atoms with Gasteiger partial charge in [-0.1, -0.05) is 12.1 Å². The second kappa shape index (κ2) is 9.78. The summed E-state index contributed by atoms with van der Waals surface area (Å²) in [5.41, 5.74) is 3.27. The lowest BCUT2D eigenvalue weighted by Crippen LogP contribution is -2.40. The molecule has 1 aliphatic heterocycles. The number of methoxy groups -OCH3 is 1. The smallest absolute Gasteiger partial charge is 0.299 e. The van der Waals surface area contributed by atoms with Gasteiger partial charge in [-0.15, -0.1) is 0 Å². The molecule has 1 saturated heterocycles. The zero-order valence-electron chi connectivity index (χ0n) is 18.0. The van der Waals surface area contributed by atoms with E-state index in [4.69, 9.17) is 13.9 Å². The fourth-order valence-electron chi connectivity index (χ4n) is 3.65. The third-order valence-corrected chi connectivity index (χ3v) is 5.46. The molecule has 3 heterocycles. The zero-order chi connectivity index (χ0) is 21.6. The van der Waals surface area contributed by atoms with Crippen molar-refractivity contribution in [3.8, 4) is 5.75 Å². The highest BCUT2D eigenvalue weighted by atomic mass is 16.5. The average molecular weight is 425 g/mol. The van der Waals surface area contributed by atoms with Crippen LogP contribution in [0.2, 0.25) is 0 Å². The molecule has 0 aliphatic carbocycles. The van der Waals surface area contributed by atoms with E-state index in [1.54, 1.807) is 7.11 Å². The van der Waals surface area contributed by atoms with Crippen LogP contribution in [0, 0.1) is 12.8 Å². The molecule has 0 unspecified atom stereocenters. The average Bonchev–Trinajstić information content (AvgIpc) is 3.22. The number of ether oxygens (including phenoxy) is 2. The van der Waals surface area contributed by atoms with Crippen LogP contribution in [0.5, 0.6) is 5.75 Å². The van der Waals surface area contributed by atoms with Crippen molar-refractivity contribution >= 4 is 23.2 Å². The summed E-state index contributed by atoms with van der Waals surface area (Å²) < 4.78 is 16.4. The number of oxazole rings is 1. The first-order valence-electron chi connectivity index (χ1n) is 10.6. The highest BCUT2D eigenvalue weighted by Crippen LogP contribution is 2.26. The first-order chi connectivity index (χ1) is 15.1. The number of nitrogens with one attached hydrogen (secondary N) is 1. The van der Waals surface area contributed by atoms with Gasteiger partial charge in [0.25, 0.3) is 6.01 Å². The van der Waals surface area contributed by atoms with E-state index < -0.39 is 0 Å². The Morgan fingerprint density at radius 1 is 1.13 bits per heavy atom. The van der Waals surface area contributed by atoms with Crippen LogP contribution in [0.3, 0.4) is 0 Å². The molecule has 0 bridgehead atoms. The van der Waals surface area contributed by atoms with Crippen molar-refractivity contribution in [3.05, 3.63) is 47.7 Å². The number of benzene rings is 1. The van der Waals surface area contributed by atoms with Crippen LogP contribution in [-0.2, 0) is 16.1 Å². The van der Waals surface area contributed by atoms with Gasteiger partial charge in [-0.3, -0.25) is 4.79 Å². The van der Waals surface area contributed by atoms with Crippen molar-refractivity contribution < 1.29 is 18.7 Å². The zero-order valence-corrected chi connectivity index (χ0v) is 18.0. The lowest BCUT2D eigenvalue weighted by atomic mass is 9.96. The predicted octanol–water partition coefficient (Wildman–Crippen LogP) is 3.09. The first kappa shape index (κ1) is 21.1. The third-order valence-electron chi connectivity index (χ3n) is 5.46. The number of amides is 1. The fourth-order valence-corrected chi connectivity index (χ4v) is 3.65. The third kappa shape index (κ3) is 5.32. The van der Waals surface area contributed by atoms with Gasteiger partial charge >= 0.3 is 0 Å². The van der Waals surface area contributed by atoms with Gasteiger partial charge in [0.15, 0.2) is 5.58 Å². The maximum absolute atomic E-state index is 12.6. The number of anilines is 1. The standard InChI is InChI=1S/C23H28N4O4/c1-16-3-8-20-21(25-16)26-23(31-20)27-11-9-18(10-12-27)22(28)24-15-17-4-6-19(7-5-17)30-14-13-29-2/h3-8,18H,9-15H2,1-2H3,(H,24,28). The SMILES string of the molecule is COCCOc1ccc(CNC(=O)C2CCN(c3nc4nc(C)ccc4o3)CC2)cc1. The minimum absolute atomic E-state index is 0.00218. The number of fused-ring (bicyclic) bond motifs is 1. The second-order valence-electron chi connectivity index (χ2n) is 7.74. The van der Waals surface area contributed by atoms with E-state index in [0.29, 0.717) is 37.0 Å². The van der Waals surface area contributed by atoms with Crippen LogP contribution in [0.25, 0.3) is 11.2 Å². The largest absolute Gasteiger partial charge is 0.491 e. The maximum atomic E-state index is 12.6. The molecule has 1 fully saturated rings. The topological polar surface area (TPSA) is 89.7 Å². The number of carbonyl (C=O) groups is 1. The molecule has 0 radical (unpaired) electrons. The van der Waals surface area contributed by atoms with E-state index in [-0.39, 0.29) is 11.8 Å². The molecule has 164 valence electrons. The molecule has 2 aromatic heterocycles. The molecular formula is C23H28N4O4. The molecule has 4 rings (SSSR count). The van der Waals surface area contributed by atoms with Crippen LogP contribution < -0.4 is 15.0 Å². The maximum Gasteiger partial charge on any atom is 0.299 e. The van der Waals surface area contributed by atoms with Crippen molar-refractivity contribution in [1.82, 2.24) is 15.3 Å². The van der Waals surface area contributed by atoms with Gasteiger partial charge < -0.3 is 24.1 Å². The number of aryl methyl sites for hydroxylation is 1. The number of aromatic nitrogens is 2. The second-order valence-corrected chi connectivity index (χ2v) is 7.74. The predicted molar refractivity (Wildman–Crippen MR) is 117 cm³/mol. The molecule has 0 atom stereocenters. The number of nitrogens with zero attached hydrogens (tertiary/aromatic N) is 3. The van der Waals surface area contributed by atoms with Crippen molar-refractivity contribution in [1.29, 1.82) is 0 Å². The summed E-state index contributed by atoms with van der Waals surface area (Å²) in [4.78, 5) is 23.6. The Hall–Kier alpha value is -3.13. The number of piperidine rings is 1. The molecule has 1 amide bonds. The number of carbonyl (C=O) groups excluding carboxylic acids is 1. The van der Waals surface area contributed by atoms with Gasteiger partial charge in [0.05, 0.1) is 6.61 Å². The molecule has 31 heavy (non-hydrogen) atoms. The van der Waals surface area contributed by atoms with Crippen LogP contribution in [0.1, 0.15) is 24.1 Å². The lowest BCUT2D eigenvalue weighted by molar-refractivity contribution is -0.125. The van der Waals surface area contributed by atoms with E-state index in [9.17, 15) is 4.79 Å². The number of hydrogen-bond acceptors (Lipinski definition) is 7. The molecule has 8 nitrogen and oxygen atoms in total. The van der Waals surface area contributed by atoms with E-state index in [1.165, 1.54) is 0 Å². The van der Waals surface area contributed by atoms with Gasteiger partial charge in [0, 0.05) is 38.4 Å². The van der Waals surface area contributed by atoms with Crippen LogP contribution in [0.4, 0.5) is 6.01 Å². The Morgan fingerprint density at radius 2 is 1.90 bits per heavy atom. The van der Waals surface area contributed by atoms with E-state index in [2.05, 4.69) is 20.2 Å². The fraction of sp³-hybridized carbons (Fsp3) is 0.435. The van der Waals surface area contributed by atoms with Gasteiger partial charge in [0.2, 0.25) is 11.6 Å². The Morgan fingerprint density at radius 3 is 2.65 bits per heavy atom. The summed E-state index contributed by atoms with van der Waals surface area (Å²) in [5, 5.41) is 3.06. The van der Waals surface area contributed by atoms with Crippen LogP contribution >= 0.6 is 0 Å². The molecule has 8 heteroatoms. The number of hydrogen-bond donors (Lipinski definition) is 1. The Balaban J connectivity index is 1.24. The first-order valence-corrected chi connectivity index (χ1v) is 10.6. The Bertz CT molecular complexity index is 1010. The Kier molecular flexibility index (Phi) is 6.66. The number of rotatable bonds is 8. The summed E-state index contributed by atoms with van der Waals surface area (Å²) in [7, 11) is 1.65. The van der Waals surface area contributed by atoms with Crippen molar-refractivity contribution in [2.45, 2.75) is 26.3 Å². The van der Waals surface area contributed by atoms with Gasteiger partial charge in [-0.25, -0.2) is 4.98 Å². The minimum atomic E-state index is -0.00218. The van der Waals surface area contributed by atoms with Gasteiger partial charge in [0.1, 0.15) is 12.4 Å². The molecule has 1 aromatic carbocycles. The number of pyridine rings is 1. The monoisotopic (exact) mass is 424 g/mol. The molecular weight excluding hydrogens is 396 g/mol. The molecule has 1 N–H and O–H groups in total. The van der Waals surface area contributed by atoms with Crippen molar-refractivity contribution in [2.24, 2.45) is 5.92 Å². The van der Waals surface area contributed by atoms with E-state index in [0.717, 1.165) is 42.9 Å². The highest BCUT2D eigenvalue weighted by Gasteiger charge is 2.27. The summed E-state index contributed by atoms with van der Waals surface area (Å²) in [6.45, 7) is 4.98. The van der Waals surface area contributed by atoms with Crippen LogP contribution in [0.15, 0.2) is 40.8 Å². The van der Waals surface area contributed by atoms with Gasteiger partial charge in [-0.05, 0) is 49.6 Å². The van der Waals surface area contributed by atoms with Crippen LogP contribution in [-0.4, -0.2) is 49.3 Å². The summed E-state index contributed by atoms with van der Waals surface area (Å²) in [6, 6.07) is 12.1. The lowest BCUT2D eigenvalue weighted by Gasteiger charge is -2.30. The Labute approximate surface area is 181 Å². The van der Waals surface area contributed by atoms with E-state index in [1.807, 2.05) is 43.3 Å². The normalized spacial score (nSPS) is 14.7. The van der Waals surface area contributed by atoms with Crippen molar-refractivity contribution in [2.75, 3.05) is 38.3 Å².